The summed E-state index contributed by atoms with van der Waals surface area (Å²) in [5.41, 5.74) is 0.797. The van der Waals surface area contributed by atoms with Crippen LogP contribution < -0.4 is 4.74 Å². The molecule has 0 spiro atoms. The molecule has 2 N–H and O–H groups in total. The van der Waals surface area contributed by atoms with Gasteiger partial charge in [0.2, 0.25) is 0 Å². The summed E-state index contributed by atoms with van der Waals surface area (Å²) in [7, 11) is 0. The summed E-state index contributed by atoms with van der Waals surface area (Å²) >= 11 is 1.05. The fourth-order valence-corrected chi connectivity index (χ4v) is 2.68. The van der Waals surface area contributed by atoms with E-state index in [0.717, 1.165) is 16.9 Å². The van der Waals surface area contributed by atoms with Gasteiger partial charge in [0.15, 0.2) is 0 Å². The Morgan fingerprint density at radius 3 is 2.57 bits per heavy atom. The van der Waals surface area contributed by atoms with E-state index in [4.69, 9.17) is 9.84 Å². The Morgan fingerprint density at radius 1 is 1.38 bits per heavy atom. The zero-order chi connectivity index (χ0) is 15.4. The third-order valence-electron chi connectivity index (χ3n) is 2.84. The Labute approximate surface area is 125 Å². The number of nitro groups is 1. The number of rotatable bonds is 6. The normalized spacial score (nSPS) is 12.1. The van der Waals surface area contributed by atoms with Crippen LogP contribution in [0.1, 0.15) is 23.5 Å². The van der Waals surface area contributed by atoms with Gasteiger partial charge in [0.25, 0.3) is 5.06 Å². The van der Waals surface area contributed by atoms with Gasteiger partial charge in [-0.2, -0.15) is 0 Å². The molecule has 21 heavy (non-hydrogen) atoms. The Balaban J connectivity index is 2.23. The molecule has 2 rings (SSSR count). The fourth-order valence-electron chi connectivity index (χ4n) is 1.75. The van der Waals surface area contributed by atoms with E-state index in [1.165, 1.54) is 6.07 Å². The van der Waals surface area contributed by atoms with Crippen LogP contribution in [0.25, 0.3) is 0 Å². The van der Waals surface area contributed by atoms with Crippen molar-refractivity contribution in [2.75, 3.05) is 6.61 Å². The lowest BCUT2D eigenvalue weighted by Crippen LogP contribution is -1.91. The maximum atomic E-state index is 11.0. The highest BCUT2D eigenvalue weighted by atomic mass is 32.1. The number of hydrogen-bond acceptors (Lipinski definition) is 6. The third-order valence-corrected chi connectivity index (χ3v) is 4.01. The van der Waals surface area contributed by atoms with Crippen LogP contribution in [-0.4, -0.2) is 21.7 Å². The highest BCUT2D eigenvalue weighted by molar-refractivity contribution is 7.14. The smallest absolute Gasteiger partial charge is 0.323 e. The molecule has 0 aliphatic rings. The highest BCUT2D eigenvalue weighted by Crippen LogP contribution is 2.41. The maximum absolute atomic E-state index is 11.0. The van der Waals surface area contributed by atoms with Gasteiger partial charge in [0, 0.05) is 17.6 Å². The van der Waals surface area contributed by atoms with Crippen molar-refractivity contribution in [2.24, 2.45) is 0 Å². The van der Waals surface area contributed by atoms with Crippen LogP contribution in [0.15, 0.2) is 30.3 Å². The summed E-state index contributed by atoms with van der Waals surface area (Å²) in [6.45, 7) is 1.61. The largest absolute Gasteiger partial charge is 0.440 e. The minimum Gasteiger partial charge on any atom is -0.440 e. The summed E-state index contributed by atoms with van der Waals surface area (Å²) in [6.07, 6.45) is -0.232. The standard InChI is InChI=1S/C14H15NO5S/c1-9(17)13-8-12(15(18)19)14(21-13)20-11-4-2-10(3-5-11)6-7-16/h2-5,8-9,16-17H,6-7H2,1H3/t9-/m1/s1. The minimum absolute atomic E-state index is 0.0638. The lowest BCUT2D eigenvalue weighted by molar-refractivity contribution is -0.385. The molecule has 0 fully saturated rings. The number of aliphatic hydroxyl groups excluding tert-OH is 2. The maximum Gasteiger partial charge on any atom is 0.323 e. The summed E-state index contributed by atoms with van der Waals surface area (Å²) in [6, 6.07) is 8.29. The van der Waals surface area contributed by atoms with Crippen LogP contribution in [0.2, 0.25) is 0 Å². The van der Waals surface area contributed by atoms with Gasteiger partial charge in [0.05, 0.1) is 11.0 Å². The van der Waals surface area contributed by atoms with Gasteiger partial charge in [0.1, 0.15) is 5.75 Å². The van der Waals surface area contributed by atoms with Crippen molar-refractivity contribution >= 4 is 17.0 Å². The van der Waals surface area contributed by atoms with Crippen molar-refractivity contribution in [3.05, 3.63) is 50.9 Å². The first kappa shape index (κ1) is 15.4. The first-order chi connectivity index (χ1) is 10.0. The molecule has 0 radical (unpaired) electrons. The quantitative estimate of drug-likeness (QED) is 0.632. The molecule has 1 aromatic heterocycles. The monoisotopic (exact) mass is 309 g/mol. The molecule has 1 atom stereocenters. The lowest BCUT2D eigenvalue weighted by Gasteiger charge is -2.04. The second kappa shape index (κ2) is 6.66. The van der Waals surface area contributed by atoms with E-state index in [-0.39, 0.29) is 17.4 Å². The number of benzene rings is 1. The van der Waals surface area contributed by atoms with Crippen LogP contribution in [0, 0.1) is 10.1 Å². The second-order valence-electron chi connectivity index (χ2n) is 4.47. The Morgan fingerprint density at radius 2 is 2.05 bits per heavy atom. The summed E-state index contributed by atoms with van der Waals surface area (Å²) in [4.78, 5) is 11.0. The van der Waals surface area contributed by atoms with Crippen LogP contribution in [0.5, 0.6) is 10.8 Å². The van der Waals surface area contributed by atoms with Crippen LogP contribution in [0.4, 0.5) is 5.69 Å². The van der Waals surface area contributed by atoms with E-state index < -0.39 is 11.0 Å². The molecular weight excluding hydrogens is 294 g/mol. The van der Waals surface area contributed by atoms with E-state index in [9.17, 15) is 15.2 Å². The molecule has 0 saturated carbocycles. The van der Waals surface area contributed by atoms with Crippen molar-refractivity contribution in [3.8, 4) is 10.8 Å². The molecule has 0 unspecified atom stereocenters. The van der Waals surface area contributed by atoms with E-state index in [2.05, 4.69) is 0 Å². The van der Waals surface area contributed by atoms with E-state index in [1.807, 2.05) is 0 Å². The van der Waals surface area contributed by atoms with Crippen LogP contribution >= 0.6 is 11.3 Å². The average Bonchev–Trinajstić information content (AvgIpc) is 2.86. The number of thiophene rings is 1. The molecule has 1 heterocycles. The van der Waals surface area contributed by atoms with Crippen molar-refractivity contribution in [2.45, 2.75) is 19.4 Å². The van der Waals surface area contributed by atoms with Gasteiger partial charge < -0.3 is 14.9 Å². The zero-order valence-corrected chi connectivity index (χ0v) is 12.2. The van der Waals surface area contributed by atoms with Gasteiger partial charge in [-0.1, -0.05) is 23.5 Å². The summed E-state index contributed by atoms with van der Waals surface area (Å²) in [5.74, 6) is 0.471. The molecule has 0 aliphatic heterocycles. The summed E-state index contributed by atoms with van der Waals surface area (Å²) in [5, 5.41) is 29.5. The second-order valence-corrected chi connectivity index (χ2v) is 5.52. The topological polar surface area (TPSA) is 92.8 Å². The van der Waals surface area contributed by atoms with E-state index in [1.54, 1.807) is 31.2 Å². The molecule has 0 amide bonds. The molecule has 2 aromatic rings. The third kappa shape index (κ3) is 3.78. The number of nitrogens with zero attached hydrogens (tertiary/aromatic N) is 1. The van der Waals surface area contributed by atoms with E-state index in [0.29, 0.717) is 17.0 Å². The lowest BCUT2D eigenvalue weighted by atomic mass is 10.1. The zero-order valence-electron chi connectivity index (χ0n) is 11.4. The van der Waals surface area contributed by atoms with Crippen molar-refractivity contribution < 1.29 is 19.9 Å². The molecule has 6 nitrogen and oxygen atoms in total. The number of hydrogen-bond donors (Lipinski definition) is 2. The van der Waals surface area contributed by atoms with Crippen LogP contribution in [0.3, 0.4) is 0 Å². The molecule has 0 saturated heterocycles. The molecule has 112 valence electrons. The average molecular weight is 309 g/mol. The Kier molecular flexibility index (Phi) is 4.89. The van der Waals surface area contributed by atoms with Gasteiger partial charge in [-0.25, -0.2) is 0 Å². The fraction of sp³-hybridized carbons (Fsp3) is 0.286. The Bertz CT molecular complexity index is 621. The minimum atomic E-state index is -0.780. The van der Waals surface area contributed by atoms with Gasteiger partial charge >= 0.3 is 5.69 Å². The summed E-state index contributed by atoms with van der Waals surface area (Å²) < 4.78 is 5.54. The predicted octanol–water partition coefficient (Wildman–Crippen LogP) is 3.04. The van der Waals surface area contributed by atoms with Crippen molar-refractivity contribution in [3.63, 3.8) is 0 Å². The van der Waals surface area contributed by atoms with Gasteiger partial charge in [-0.15, -0.1) is 0 Å². The van der Waals surface area contributed by atoms with Gasteiger partial charge in [-0.05, 0) is 31.0 Å². The van der Waals surface area contributed by atoms with E-state index >= 15 is 0 Å². The number of aliphatic hydroxyl groups is 2. The van der Waals surface area contributed by atoms with Crippen molar-refractivity contribution in [1.29, 1.82) is 0 Å². The molecular formula is C14H15NO5S. The SMILES string of the molecule is C[C@@H](O)c1cc([N+](=O)[O-])c(Oc2ccc(CCO)cc2)s1. The Hall–Kier alpha value is -1.96. The van der Waals surface area contributed by atoms with Crippen LogP contribution in [-0.2, 0) is 6.42 Å². The predicted molar refractivity (Wildman–Crippen MR) is 78.9 cm³/mol. The molecule has 7 heteroatoms. The first-order valence-corrected chi connectivity index (χ1v) is 7.16. The first-order valence-electron chi connectivity index (χ1n) is 6.35. The molecule has 0 bridgehead atoms. The number of ether oxygens (including phenoxy) is 1. The molecule has 1 aromatic carbocycles. The van der Waals surface area contributed by atoms with Crippen molar-refractivity contribution in [1.82, 2.24) is 0 Å². The molecule has 0 aliphatic carbocycles. The van der Waals surface area contributed by atoms with Gasteiger partial charge in [-0.3, -0.25) is 10.1 Å². The highest BCUT2D eigenvalue weighted by Gasteiger charge is 2.23.